The largest absolute Gasteiger partial charge is 0.325 e. The van der Waals surface area contributed by atoms with Crippen LogP contribution < -0.4 is 5.32 Å². The number of carbonyl (C=O) groups is 1. The Morgan fingerprint density at radius 2 is 1.77 bits per heavy atom. The van der Waals surface area contributed by atoms with Gasteiger partial charge in [0.2, 0.25) is 5.91 Å². The summed E-state index contributed by atoms with van der Waals surface area (Å²) in [5.74, 6) is 0.864. The Hall–Kier alpha value is -3.12. The highest BCUT2D eigenvalue weighted by molar-refractivity contribution is 8.00. The SMILES string of the molecule is CCC(Sc1nnc(Cc2cccc3ccccc23)n1C)C(=O)Nc1ccc(C)cc1. The molecule has 0 saturated heterocycles. The quantitative estimate of drug-likeness (QED) is 0.400. The summed E-state index contributed by atoms with van der Waals surface area (Å²) in [5.41, 5.74) is 3.19. The average molecular weight is 431 g/mol. The molecule has 4 aromatic rings. The second-order valence-electron chi connectivity index (χ2n) is 7.64. The lowest BCUT2D eigenvalue weighted by Gasteiger charge is -2.14. The number of rotatable bonds is 7. The zero-order valence-electron chi connectivity index (χ0n) is 18.0. The minimum absolute atomic E-state index is 0.0186. The molecule has 5 nitrogen and oxygen atoms in total. The number of anilines is 1. The molecule has 6 heteroatoms. The second kappa shape index (κ2) is 9.35. The fourth-order valence-corrected chi connectivity index (χ4v) is 4.47. The molecule has 3 aromatic carbocycles. The van der Waals surface area contributed by atoms with Gasteiger partial charge < -0.3 is 9.88 Å². The van der Waals surface area contributed by atoms with Crippen molar-refractivity contribution in [2.45, 2.75) is 37.1 Å². The first-order valence-corrected chi connectivity index (χ1v) is 11.3. The number of hydrogen-bond acceptors (Lipinski definition) is 4. The van der Waals surface area contributed by atoms with Gasteiger partial charge in [-0.25, -0.2) is 0 Å². The van der Waals surface area contributed by atoms with Crippen LogP contribution in [0.1, 0.15) is 30.3 Å². The summed E-state index contributed by atoms with van der Waals surface area (Å²) in [7, 11) is 1.97. The summed E-state index contributed by atoms with van der Waals surface area (Å²) >= 11 is 1.46. The summed E-state index contributed by atoms with van der Waals surface area (Å²) in [6.07, 6.45) is 1.39. The van der Waals surface area contributed by atoms with Crippen LogP contribution in [-0.2, 0) is 18.3 Å². The Balaban J connectivity index is 1.49. The van der Waals surface area contributed by atoms with Crippen LogP contribution in [-0.4, -0.2) is 25.9 Å². The number of fused-ring (bicyclic) bond motifs is 1. The van der Waals surface area contributed by atoms with Crippen molar-refractivity contribution in [3.05, 3.63) is 83.7 Å². The lowest BCUT2D eigenvalue weighted by Crippen LogP contribution is -2.25. The van der Waals surface area contributed by atoms with Crippen molar-refractivity contribution in [1.29, 1.82) is 0 Å². The second-order valence-corrected chi connectivity index (χ2v) is 8.81. The van der Waals surface area contributed by atoms with Gasteiger partial charge in [-0.2, -0.15) is 0 Å². The third-order valence-corrected chi connectivity index (χ3v) is 6.78. The number of thioether (sulfide) groups is 1. The van der Waals surface area contributed by atoms with Crippen LogP contribution in [0.3, 0.4) is 0 Å². The molecule has 0 saturated carbocycles. The van der Waals surface area contributed by atoms with Gasteiger partial charge in [-0.15, -0.1) is 10.2 Å². The molecule has 0 aliphatic heterocycles. The molecule has 0 aliphatic rings. The van der Waals surface area contributed by atoms with Crippen LogP contribution in [0.2, 0.25) is 0 Å². The number of nitrogens with one attached hydrogen (secondary N) is 1. The van der Waals surface area contributed by atoms with Crippen molar-refractivity contribution in [1.82, 2.24) is 14.8 Å². The predicted molar refractivity (Wildman–Crippen MR) is 128 cm³/mol. The minimum Gasteiger partial charge on any atom is -0.325 e. The molecule has 0 radical (unpaired) electrons. The summed E-state index contributed by atoms with van der Waals surface area (Å²) in [5, 5.41) is 14.8. The molecule has 1 amide bonds. The fourth-order valence-electron chi connectivity index (χ4n) is 3.53. The van der Waals surface area contributed by atoms with Crippen LogP contribution in [0.15, 0.2) is 71.9 Å². The van der Waals surface area contributed by atoms with E-state index in [4.69, 9.17) is 0 Å². The standard InChI is InChI=1S/C25H26N4OS/c1-4-22(24(30)26-20-14-12-17(2)13-15-20)31-25-28-27-23(29(25)3)16-19-10-7-9-18-8-5-6-11-21(18)19/h5-15,22H,4,16H2,1-3H3,(H,26,30). The van der Waals surface area contributed by atoms with Crippen molar-refractivity contribution in [2.75, 3.05) is 5.32 Å². The lowest BCUT2D eigenvalue weighted by atomic mass is 10.0. The van der Waals surface area contributed by atoms with Gasteiger partial charge in [-0.3, -0.25) is 4.79 Å². The maximum absolute atomic E-state index is 12.8. The summed E-state index contributed by atoms with van der Waals surface area (Å²) in [6.45, 7) is 4.04. The molecule has 158 valence electrons. The van der Waals surface area contributed by atoms with E-state index in [1.165, 1.54) is 28.1 Å². The first kappa shape index (κ1) is 21.1. The minimum atomic E-state index is -0.241. The number of nitrogens with zero attached hydrogens (tertiary/aromatic N) is 3. The Bertz CT molecular complexity index is 1190. The highest BCUT2D eigenvalue weighted by Crippen LogP contribution is 2.27. The van der Waals surface area contributed by atoms with E-state index in [0.29, 0.717) is 12.8 Å². The number of carbonyl (C=O) groups excluding carboxylic acids is 1. The first-order valence-electron chi connectivity index (χ1n) is 10.4. The molecular weight excluding hydrogens is 404 g/mol. The Morgan fingerprint density at radius 1 is 1.03 bits per heavy atom. The van der Waals surface area contributed by atoms with Gasteiger partial charge in [0.25, 0.3) is 0 Å². The molecule has 4 rings (SSSR count). The molecule has 1 atom stereocenters. The van der Waals surface area contributed by atoms with E-state index >= 15 is 0 Å². The molecule has 1 unspecified atom stereocenters. The van der Waals surface area contributed by atoms with Crippen molar-refractivity contribution in [3.8, 4) is 0 Å². The summed E-state index contributed by atoms with van der Waals surface area (Å²) in [6, 6.07) is 22.5. The van der Waals surface area contributed by atoms with E-state index in [1.807, 2.05) is 49.7 Å². The molecule has 0 fully saturated rings. The zero-order chi connectivity index (χ0) is 21.8. The molecular formula is C25H26N4OS. The van der Waals surface area contributed by atoms with E-state index in [0.717, 1.165) is 22.2 Å². The van der Waals surface area contributed by atoms with E-state index in [1.54, 1.807) is 0 Å². The van der Waals surface area contributed by atoms with Gasteiger partial charge in [-0.05, 0) is 41.8 Å². The van der Waals surface area contributed by atoms with Crippen LogP contribution in [0.25, 0.3) is 10.8 Å². The third kappa shape index (κ3) is 4.80. The number of aromatic nitrogens is 3. The number of aryl methyl sites for hydroxylation is 1. The number of benzene rings is 3. The topological polar surface area (TPSA) is 59.8 Å². The van der Waals surface area contributed by atoms with Gasteiger partial charge >= 0.3 is 0 Å². The highest BCUT2D eigenvalue weighted by Gasteiger charge is 2.22. The molecule has 1 N–H and O–H groups in total. The molecule has 0 spiro atoms. The van der Waals surface area contributed by atoms with E-state index in [-0.39, 0.29) is 11.2 Å². The maximum atomic E-state index is 12.8. The zero-order valence-corrected chi connectivity index (χ0v) is 18.8. The molecule has 0 bridgehead atoms. The van der Waals surface area contributed by atoms with Crippen molar-refractivity contribution in [3.63, 3.8) is 0 Å². The smallest absolute Gasteiger partial charge is 0.237 e. The number of amides is 1. The molecule has 0 aliphatic carbocycles. The summed E-state index contributed by atoms with van der Waals surface area (Å²) < 4.78 is 1.99. The summed E-state index contributed by atoms with van der Waals surface area (Å²) in [4.78, 5) is 12.8. The van der Waals surface area contributed by atoms with Gasteiger partial charge in [0.1, 0.15) is 5.82 Å². The monoisotopic (exact) mass is 430 g/mol. The normalized spacial score (nSPS) is 12.1. The highest BCUT2D eigenvalue weighted by atomic mass is 32.2. The van der Waals surface area contributed by atoms with Gasteiger partial charge in [0, 0.05) is 19.2 Å². The third-order valence-electron chi connectivity index (χ3n) is 5.38. The van der Waals surface area contributed by atoms with E-state index < -0.39 is 0 Å². The maximum Gasteiger partial charge on any atom is 0.237 e. The predicted octanol–water partition coefficient (Wildman–Crippen LogP) is 5.38. The van der Waals surface area contributed by atoms with Crippen LogP contribution in [0, 0.1) is 6.92 Å². The van der Waals surface area contributed by atoms with E-state index in [2.05, 4.69) is 58.0 Å². The van der Waals surface area contributed by atoms with Crippen molar-refractivity contribution < 1.29 is 4.79 Å². The Morgan fingerprint density at radius 3 is 2.55 bits per heavy atom. The van der Waals surface area contributed by atoms with Crippen molar-refractivity contribution >= 4 is 34.1 Å². The molecule has 1 heterocycles. The van der Waals surface area contributed by atoms with Gasteiger partial charge in [-0.1, -0.05) is 78.8 Å². The Labute approximate surface area is 186 Å². The molecule has 31 heavy (non-hydrogen) atoms. The van der Waals surface area contributed by atoms with Crippen LogP contribution >= 0.6 is 11.8 Å². The fraction of sp³-hybridized carbons (Fsp3) is 0.240. The lowest BCUT2D eigenvalue weighted by molar-refractivity contribution is -0.115. The molecule has 1 aromatic heterocycles. The first-order chi connectivity index (χ1) is 15.0. The van der Waals surface area contributed by atoms with Gasteiger partial charge in [0.15, 0.2) is 5.16 Å². The number of hydrogen-bond donors (Lipinski definition) is 1. The average Bonchev–Trinajstić information content (AvgIpc) is 3.13. The van der Waals surface area contributed by atoms with Crippen LogP contribution in [0.5, 0.6) is 0 Å². The Kier molecular flexibility index (Phi) is 6.37. The van der Waals surface area contributed by atoms with E-state index in [9.17, 15) is 4.79 Å². The van der Waals surface area contributed by atoms with Crippen LogP contribution in [0.4, 0.5) is 5.69 Å². The van der Waals surface area contributed by atoms with Crippen molar-refractivity contribution in [2.24, 2.45) is 7.05 Å². The van der Waals surface area contributed by atoms with Gasteiger partial charge in [0.05, 0.1) is 5.25 Å².